The highest BCUT2D eigenvalue weighted by molar-refractivity contribution is 6.30. The van der Waals surface area contributed by atoms with Crippen molar-refractivity contribution in [2.45, 2.75) is 6.92 Å². The highest BCUT2D eigenvalue weighted by Gasteiger charge is 2.07. The van der Waals surface area contributed by atoms with Crippen LogP contribution in [0.25, 0.3) is 11.6 Å². The van der Waals surface area contributed by atoms with E-state index in [0.29, 0.717) is 5.02 Å². The zero-order valence-electron chi connectivity index (χ0n) is 11.6. The largest absolute Gasteiger partial charge is 0.428 e. The van der Waals surface area contributed by atoms with Gasteiger partial charge in [-0.15, -0.1) is 0 Å². The third-order valence-electron chi connectivity index (χ3n) is 2.92. The summed E-state index contributed by atoms with van der Waals surface area (Å²) in [5, 5.41) is 0.660. The molecule has 5 heteroatoms. The topological polar surface area (TPSA) is 9.23 Å². The predicted octanol–water partition coefficient (Wildman–Crippen LogP) is 6.31. The second kappa shape index (κ2) is 7.18. The van der Waals surface area contributed by atoms with Gasteiger partial charge in [0.25, 0.3) is 0 Å². The van der Waals surface area contributed by atoms with Gasteiger partial charge in [0, 0.05) is 5.02 Å². The Morgan fingerprint density at radius 2 is 1.55 bits per heavy atom. The Kier molecular flexibility index (Phi) is 5.28. The number of ether oxygens (including phenoxy) is 1. The Labute approximate surface area is 131 Å². The highest BCUT2D eigenvalue weighted by Crippen LogP contribution is 2.22. The van der Waals surface area contributed by atoms with Crippen LogP contribution in [0.15, 0.2) is 60.6 Å². The van der Waals surface area contributed by atoms with E-state index in [1.54, 1.807) is 24.3 Å². The monoisotopic (exact) mass is 324 g/mol. The summed E-state index contributed by atoms with van der Waals surface area (Å²) in [5.74, 6) is 0.00611. The summed E-state index contributed by atoms with van der Waals surface area (Å²) < 4.78 is 40.9. The molecule has 0 bridgehead atoms. The fraction of sp³-hybridized carbons (Fsp3) is 0.0588. The average molecular weight is 325 g/mol. The number of allylic oxidation sites excluding steroid dienone is 1. The molecule has 0 aliphatic rings. The van der Waals surface area contributed by atoms with Crippen LogP contribution in [0.2, 0.25) is 5.02 Å². The van der Waals surface area contributed by atoms with Crippen LogP contribution in [0.5, 0.6) is 5.75 Å². The van der Waals surface area contributed by atoms with Crippen molar-refractivity contribution in [2.75, 3.05) is 0 Å². The van der Waals surface area contributed by atoms with Gasteiger partial charge in [0.15, 0.2) is 0 Å². The van der Waals surface area contributed by atoms with Gasteiger partial charge in [-0.3, -0.25) is 0 Å². The molecule has 2 aromatic rings. The van der Waals surface area contributed by atoms with E-state index in [1.165, 1.54) is 12.1 Å². The standard InChI is InChI=1S/C17H12ClF3O/c1-11(13-4-6-14(18)7-5-13)10-12-2-8-15(9-3-12)22-17(21)16(19)20/h2-10H,1H3. The van der Waals surface area contributed by atoms with E-state index in [-0.39, 0.29) is 5.75 Å². The summed E-state index contributed by atoms with van der Waals surface area (Å²) in [6.07, 6.45) is -0.572. The van der Waals surface area contributed by atoms with Crippen LogP contribution < -0.4 is 4.74 Å². The number of benzene rings is 2. The molecule has 0 aliphatic carbocycles. The molecule has 0 N–H and O–H groups in total. The molecule has 0 heterocycles. The SMILES string of the molecule is CC(=Cc1ccc(OC(F)=C(F)F)cc1)c1ccc(Cl)cc1. The van der Waals surface area contributed by atoms with Gasteiger partial charge in [0.1, 0.15) is 5.75 Å². The van der Waals surface area contributed by atoms with Gasteiger partial charge in [0.05, 0.1) is 0 Å². The van der Waals surface area contributed by atoms with Gasteiger partial charge in [-0.2, -0.15) is 13.2 Å². The van der Waals surface area contributed by atoms with Crippen LogP contribution in [0.1, 0.15) is 18.1 Å². The summed E-state index contributed by atoms with van der Waals surface area (Å²) in [6.45, 7) is 1.94. The predicted molar refractivity (Wildman–Crippen MR) is 82.4 cm³/mol. The van der Waals surface area contributed by atoms with E-state index in [2.05, 4.69) is 4.74 Å². The second-order valence-corrected chi connectivity index (χ2v) is 4.98. The maximum atomic E-state index is 12.7. The molecule has 114 valence electrons. The molecule has 2 aromatic carbocycles. The molecular weight excluding hydrogens is 313 g/mol. The van der Waals surface area contributed by atoms with E-state index in [0.717, 1.165) is 16.7 Å². The maximum Gasteiger partial charge on any atom is 0.344 e. The average Bonchev–Trinajstić information content (AvgIpc) is 2.49. The Balaban J connectivity index is 2.15. The lowest BCUT2D eigenvalue weighted by atomic mass is 10.0. The summed E-state index contributed by atoms with van der Waals surface area (Å²) in [5.41, 5.74) is 2.86. The molecule has 0 unspecified atom stereocenters. The quantitative estimate of drug-likeness (QED) is 0.472. The summed E-state index contributed by atoms with van der Waals surface area (Å²) >= 11 is 5.84. The Morgan fingerprint density at radius 3 is 2.09 bits per heavy atom. The van der Waals surface area contributed by atoms with E-state index in [4.69, 9.17) is 11.6 Å². The molecule has 22 heavy (non-hydrogen) atoms. The lowest BCUT2D eigenvalue weighted by Gasteiger charge is -2.04. The molecule has 0 aromatic heterocycles. The Bertz CT molecular complexity index is 700. The first-order chi connectivity index (χ1) is 10.5. The molecule has 0 saturated heterocycles. The van der Waals surface area contributed by atoms with Crippen LogP contribution in [-0.4, -0.2) is 0 Å². The Morgan fingerprint density at radius 1 is 0.955 bits per heavy atom. The zero-order valence-corrected chi connectivity index (χ0v) is 12.4. The molecule has 0 fully saturated rings. The lowest BCUT2D eigenvalue weighted by Crippen LogP contribution is -1.90. The van der Waals surface area contributed by atoms with Crippen LogP contribution >= 0.6 is 11.6 Å². The van der Waals surface area contributed by atoms with Crippen molar-refractivity contribution in [3.8, 4) is 5.75 Å². The minimum atomic E-state index is -2.48. The van der Waals surface area contributed by atoms with E-state index in [9.17, 15) is 13.2 Å². The third kappa shape index (κ3) is 4.40. The third-order valence-corrected chi connectivity index (χ3v) is 3.17. The molecule has 0 spiro atoms. The molecule has 0 amide bonds. The van der Waals surface area contributed by atoms with Crippen LogP contribution in [0.3, 0.4) is 0 Å². The van der Waals surface area contributed by atoms with Gasteiger partial charge in [-0.05, 0) is 47.9 Å². The van der Waals surface area contributed by atoms with Crippen LogP contribution in [0.4, 0.5) is 13.2 Å². The fourth-order valence-corrected chi connectivity index (χ4v) is 1.95. The highest BCUT2D eigenvalue weighted by atomic mass is 35.5. The molecule has 2 rings (SSSR count). The van der Waals surface area contributed by atoms with Gasteiger partial charge in [-0.25, -0.2) is 0 Å². The first-order valence-electron chi connectivity index (χ1n) is 6.38. The summed E-state index contributed by atoms with van der Waals surface area (Å²) in [4.78, 5) is 0. The van der Waals surface area contributed by atoms with Crippen molar-refractivity contribution in [3.05, 3.63) is 76.8 Å². The van der Waals surface area contributed by atoms with Crippen molar-refractivity contribution in [3.63, 3.8) is 0 Å². The lowest BCUT2D eigenvalue weighted by molar-refractivity contribution is 0.241. The van der Waals surface area contributed by atoms with E-state index in [1.807, 2.05) is 25.1 Å². The zero-order chi connectivity index (χ0) is 16.1. The van der Waals surface area contributed by atoms with Crippen molar-refractivity contribution in [2.24, 2.45) is 0 Å². The van der Waals surface area contributed by atoms with Gasteiger partial charge >= 0.3 is 12.1 Å². The fourth-order valence-electron chi connectivity index (χ4n) is 1.82. The number of hydrogen-bond acceptors (Lipinski definition) is 1. The molecule has 0 radical (unpaired) electrons. The van der Waals surface area contributed by atoms with Crippen molar-refractivity contribution in [1.29, 1.82) is 0 Å². The minimum absolute atomic E-state index is 0.00611. The smallest absolute Gasteiger partial charge is 0.344 e. The molecular formula is C17H12ClF3O. The summed E-state index contributed by atoms with van der Waals surface area (Å²) in [7, 11) is 0. The van der Waals surface area contributed by atoms with Crippen LogP contribution in [-0.2, 0) is 0 Å². The molecule has 0 aliphatic heterocycles. The van der Waals surface area contributed by atoms with Gasteiger partial charge in [0.2, 0.25) is 0 Å². The van der Waals surface area contributed by atoms with E-state index < -0.39 is 12.1 Å². The number of halogens is 4. The van der Waals surface area contributed by atoms with Crippen LogP contribution in [0, 0.1) is 0 Å². The molecule has 0 atom stereocenters. The Hall–Kier alpha value is -2.20. The molecule has 0 saturated carbocycles. The van der Waals surface area contributed by atoms with Gasteiger partial charge < -0.3 is 4.74 Å². The first kappa shape index (κ1) is 16.2. The van der Waals surface area contributed by atoms with Crippen molar-refractivity contribution in [1.82, 2.24) is 0 Å². The summed E-state index contributed by atoms with van der Waals surface area (Å²) in [6, 6.07) is 11.6. The minimum Gasteiger partial charge on any atom is -0.428 e. The van der Waals surface area contributed by atoms with Crippen molar-refractivity contribution >= 4 is 23.3 Å². The van der Waals surface area contributed by atoms with Crippen molar-refractivity contribution < 1.29 is 17.9 Å². The molecule has 1 nitrogen and oxygen atoms in total. The van der Waals surface area contributed by atoms with E-state index >= 15 is 0 Å². The first-order valence-corrected chi connectivity index (χ1v) is 6.76. The maximum absolute atomic E-state index is 12.7. The van der Waals surface area contributed by atoms with Gasteiger partial charge in [-0.1, -0.05) is 41.9 Å². The second-order valence-electron chi connectivity index (χ2n) is 4.54. The number of rotatable bonds is 4. The normalized spacial score (nSPS) is 11.2. The number of hydrogen-bond donors (Lipinski definition) is 0.